The van der Waals surface area contributed by atoms with Crippen LogP contribution in [0.3, 0.4) is 0 Å². The first-order valence-corrected chi connectivity index (χ1v) is 8.78. The molecule has 0 fully saturated rings. The average molecular weight is 449 g/mol. The van der Waals surface area contributed by atoms with Crippen molar-refractivity contribution < 1.29 is 0 Å². The van der Waals surface area contributed by atoms with E-state index >= 15 is 0 Å². The molecule has 2 nitrogen and oxygen atoms in total. The SMILES string of the molecule is ClCCc1nc2cc(Br)ccc2n1-c1ccc(Cl)cc1Br. The van der Waals surface area contributed by atoms with Crippen LogP contribution < -0.4 is 0 Å². The van der Waals surface area contributed by atoms with Gasteiger partial charge in [0.15, 0.2) is 0 Å². The molecular formula is C15H10Br2Cl2N2. The van der Waals surface area contributed by atoms with Crippen molar-refractivity contribution in [2.24, 2.45) is 0 Å². The average Bonchev–Trinajstić information content (AvgIpc) is 2.76. The lowest BCUT2D eigenvalue weighted by Crippen LogP contribution is -2.03. The van der Waals surface area contributed by atoms with Gasteiger partial charge in [0.25, 0.3) is 0 Å². The van der Waals surface area contributed by atoms with Crippen LogP contribution >= 0.6 is 55.1 Å². The van der Waals surface area contributed by atoms with Gasteiger partial charge in [-0.15, -0.1) is 11.6 Å². The van der Waals surface area contributed by atoms with Gasteiger partial charge in [-0.05, 0) is 52.3 Å². The van der Waals surface area contributed by atoms with Crippen molar-refractivity contribution in [3.8, 4) is 5.69 Å². The third-order valence-corrected chi connectivity index (χ3v) is 4.71. The van der Waals surface area contributed by atoms with Crippen LogP contribution in [0.25, 0.3) is 16.7 Å². The number of nitrogens with zero attached hydrogens (tertiary/aromatic N) is 2. The minimum atomic E-state index is 0.524. The van der Waals surface area contributed by atoms with Crippen LogP contribution in [0.1, 0.15) is 5.82 Å². The third kappa shape index (κ3) is 3.00. The van der Waals surface area contributed by atoms with Crippen LogP contribution in [0.4, 0.5) is 0 Å². The Labute approximate surface area is 149 Å². The Bertz CT molecular complexity index is 815. The fourth-order valence-corrected chi connectivity index (χ4v) is 3.66. The molecule has 3 rings (SSSR count). The lowest BCUT2D eigenvalue weighted by Gasteiger charge is -2.11. The number of fused-ring (bicyclic) bond motifs is 1. The van der Waals surface area contributed by atoms with Crippen molar-refractivity contribution in [3.63, 3.8) is 0 Å². The van der Waals surface area contributed by atoms with Gasteiger partial charge in [-0.3, -0.25) is 4.57 Å². The number of alkyl halides is 1. The molecule has 0 unspecified atom stereocenters. The Balaban J connectivity index is 2.30. The standard InChI is InChI=1S/C15H10Br2Cl2N2/c16-9-1-3-14-12(7-9)20-15(5-6-18)21(14)13-4-2-10(19)8-11(13)17/h1-4,7-8H,5-6H2. The first-order valence-electron chi connectivity index (χ1n) is 6.28. The van der Waals surface area contributed by atoms with Crippen LogP contribution in [0, 0.1) is 0 Å². The number of rotatable bonds is 3. The Morgan fingerprint density at radius 3 is 2.62 bits per heavy atom. The van der Waals surface area contributed by atoms with Crippen LogP contribution in [-0.4, -0.2) is 15.4 Å². The van der Waals surface area contributed by atoms with Gasteiger partial charge in [-0.1, -0.05) is 27.5 Å². The summed E-state index contributed by atoms with van der Waals surface area (Å²) in [5.41, 5.74) is 2.98. The number of aromatic nitrogens is 2. The second-order valence-corrected chi connectivity index (χ2v) is 7.12. The van der Waals surface area contributed by atoms with E-state index in [-0.39, 0.29) is 0 Å². The van der Waals surface area contributed by atoms with Crippen molar-refractivity contribution in [2.45, 2.75) is 6.42 Å². The van der Waals surface area contributed by atoms with Gasteiger partial charge in [0.05, 0.1) is 16.7 Å². The molecule has 0 saturated heterocycles. The first kappa shape index (κ1) is 15.3. The number of hydrogen-bond acceptors (Lipinski definition) is 1. The Hall–Kier alpha value is -0.550. The van der Waals surface area contributed by atoms with Crippen LogP contribution in [-0.2, 0) is 6.42 Å². The van der Waals surface area contributed by atoms with Gasteiger partial charge in [0.1, 0.15) is 5.82 Å². The summed E-state index contributed by atoms with van der Waals surface area (Å²) in [6.45, 7) is 0. The molecule has 1 aromatic heterocycles. The van der Waals surface area contributed by atoms with Crippen molar-refractivity contribution in [1.29, 1.82) is 0 Å². The smallest absolute Gasteiger partial charge is 0.115 e. The second-order valence-electron chi connectivity index (χ2n) is 4.53. The molecule has 6 heteroatoms. The molecular weight excluding hydrogens is 439 g/mol. The van der Waals surface area contributed by atoms with Crippen molar-refractivity contribution in [2.75, 3.05) is 5.88 Å². The van der Waals surface area contributed by atoms with Crippen LogP contribution in [0.5, 0.6) is 0 Å². The molecule has 0 bridgehead atoms. The summed E-state index contributed by atoms with van der Waals surface area (Å²) in [5, 5.41) is 0.691. The summed E-state index contributed by atoms with van der Waals surface area (Å²) in [6.07, 6.45) is 0.697. The highest BCUT2D eigenvalue weighted by atomic mass is 79.9. The predicted octanol–water partition coefficient (Wildman–Crippen LogP) is 5.99. The van der Waals surface area contributed by atoms with Crippen molar-refractivity contribution >= 4 is 66.1 Å². The minimum Gasteiger partial charge on any atom is -0.295 e. The van der Waals surface area contributed by atoms with E-state index in [0.29, 0.717) is 17.3 Å². The molecule has 0 atom stereocenters. The maximum Gasteiger partial charge on any atom is 0.115 e. The monoisotopic (exact) mass is 446 g/mol. The molecule has 21 heavy (non-hydrogen) atoms. The molecule has 2 aromatic carbocycles. The minimum absolute atomic E-state index is 0.524. The molecule has 0 saturated carbocycles. The zero-order valence-electron chi connectivity index (χ0n) is 10.8. The predicted molar refractivity (Wildman–Crippen MR) is 95.9 cm³/mol. The molecule has 3 aromatic rings. The molecule has 0 aliphatic rings. The summed E-state index contributed by atoms with van der Waals surface area (Å²) in [6, 6.07) is 11.8. The van der Waals surface area contributed by atoms with E-state index < -0.39 is 0 Å². The molecule has 1 heterocycles. The molecule has 0 N–H and O–H groups in total. The molecule has 0 amide bonds. The molecule has 0 spiro atoms. The van der Waals surface area contributed by atoms with Gasteiger partial charge in [-0.2, -0.15) is 0 Å². The Morgan fingerprint density at radius 1 is 1.10 bits per heavy atom. The Kier molecular flexibility index (Phi) is 4.60. The van der Waals surface area contributed by atoms with Crippen LogP contribution in [0.15, 0.2) is 45.3 Å². The first-order chi connectivity index (χ1) is 10.1. The number of benzene rings is 2. The summed E-state index contributed by atoms with van der Waals surface area (Å²) >= 11 is 19.0. The summed E-state index contributed by atoms with van der Waals surface area (Å²) < 4.78 is 4.05. The number of aryl methyl sites for hydroxylation is 1. The zero-order valence-corrected chi connectivity index (χ0v) is 15.5. The normalized spacial score (nSPS) is 11.2. The summed E-state index contributed by atoms with van der Waals surface area (Å²) in [5.74, 6) is 1.46. The number of hydrogen-bond donors (Lipinski definition) is 0. The summed E-state index contributed by atoms with van der Waals surface area (Å²) in [7, 11) is 0. The van der Waals surface area contributed by atoms with E-state index in [1.807, 2.05) is 36.4 Å². The maximum absolute atomic E-state index is 6.04. The topological polar surface area (TPSA) is 17.8 Å². The highest BCUT2D eigenvalue weighted by Gasteiger charge is 2.14. The van der Waals surface area contributed by atoms with E-state index in [2.05, 4.69) is 36.4 Å². The largest absolute Gasteiger partial charge is 0.295 e. The quantitative estimate of drug-likeness (QED) is 0.450. The van der Waals surface area contributed by atoms with Gasteiger partial charge in [0, 0.05) is 26.3 Å². The van der Waals surface area contributed by atoms with E-state index in [9.17, 15) is 0 Å². The van der Waals surface area contributed by atoms with Crippen molar-refractivity contribution in [1.82, 2.24) is 9.55 Å². The van der Waals surface area contributed by atoms with Gasteiger partial charge in [0.2, 0.25) is 0 Å². The zero-order chi connectivity index (χ0) is 15.0. The lowest BCUT2D eigenvalue weighted by molar-refractivity contribution is 0.909. The van der Waals surface area contributed by atoms with Crippen LogP contribution in [0.2, 0.25) is 5.02 Å². The molecule has 0 radical (unpaired) electrons. The maximum atomic E-state index is 6.04. The van der Waals surface area contributed by atoms with Crippen molar-refractivity contribution in [3.05, 3.63) is 56.2 Å². The van der Waals surface area contributed by atoms with E-state index in [1.165, 1.54) is 0 Å². The van der Waals surface area contributed by atoms with E-state index in [0.717, 1.165) is 31.5 Å². The molecule has 108 valence electrons. The number of imidazole rings is 1. The van der Waals surface area contributed by atoms with Gasteiger partial charge < -0.3 is 0 Å². The third-order valence-electron chi connectivity index (χ3n) is 3.15. The van der Waals surface area contributed by atoms with Gasteiger partial charge in [-0.25, -0.2) is 4.98 Å². The molecule has 0 aliphatic heterocycles. The molecule has 0 aliphatic carbocycles. The highest BCUT2D eigenvalue weighted by Crippen LogP contribution is 2.30. The highest BCUT2D eigenvalue weighted by molar-refractivity contribution is 9.10. The Morgan fingerprint density at radius 2 is 1.90 bits per heavy atom. The lowest BCUT2D eigenvalue weighted by atomic mass is 10.2. The van der Waals surface area contributed by atoms with E-state index in [4.69, 9.17) is 28.2 Å². The fraction of sp³-hybridized carbons (Fsp3) is 0.133. The summed E-state index contributed by atoms with van der Waals surface area (Å²) in [4.78, 5) is 4.70. The second kappa shape index (κ2) is 6.29. The van der Waals surface area contributed by atoms with Gasteiger partial charge >= 0.3 is 0 Å². The van der Waals surface area contributed by atoms with E-state index in [1.54, 1.807) is 0 Å². The number of halogens is 4. The fourth-order valence-electron chi connectivity index (χ4n) is 2.29.